The van der Waals surface area contributed by atoms with E-state index < -0.39 is 11.6 Å². The molecule has 0 amide bonds. The summed E-state index contributed by atoms with van der Waals surface area (Å²) in [7, 11) is 0. The molecular weight excluding hydrogens is 339 g/mol. The van der Waals surface area contributed by atoms with E-state index in [1.807, 2.05) is 0 Å². The molecule has 4 rings (SSSR count). The number of nitrogens with zero attached hydrogens (tertiary/aromatic N) is 2. The summed E-state index contributed by atoms with van der Waals surface area (Å²) in [5.74, 6) is -1.75. The fourth-order valence-corrected chi connectivity index (χ4v) is 2.76. The number of halogens is 3. The largest absolute Gasteiger partial charge is 0.337 e. The van der Waals surface area contributed by atoms with Crippen molar-refractivity contribution in [3.05, 3.63) is 84.4 Å². The molecule has 0 bridgehead atoms. The molecule has 0 aliphatic rings. The Morgan fingerprint density at radius 2 is 1.38 bits per heavy atom. The zero-order valence-corrected chi connectivity index (χ0v) is 13.4. The molecule has 0 fully saturated rings. The predicted molar refractivity (Wildman–Crippen MR) is 92.6 cm³/mol. The van der Waals surface area contributed by atoms with E-state index in [1.165, 1.54) is 30.3 Å². The van der Waals surface area contributed by atoms with Gasteiger partial charge in [-0.05, 0) is 48.5 Å². The smallest absolute Gasteiger partial charge is 0.144 e. The molecule has 3 nitrogen and oxygen atoms in total. The average molecular weight is 351 g/mol. The molecule has 1 N–H and O–H groups in total. The second-order valence-corrected chi connectivity index (χ2v) is 5.65. The lowest BCUT2D eigenvalue weighted by atomic mass is 10.1. The van der Waals surface area contributed by atoms with Crippen LogP contribution in [-0.2, 0) is 0 Å². The molecule has 0 aliphatic heterocycles. The van der Waals surface area contributed by atoms with Gasteiger partial charge in [0.25, 0.3) is 0 Å². The summed E-state index contributed by atoms with van der Waals surface area (Å²) in [6.07, 6.45) is 3.21. The van der Waals surface area contributed by atoms with E-state index in [1.54, 1.807) is 36.7 Å². The molecule has 0 atom stereocenters. The van der Waals surface area contributed by atoms with E-state index in [-0.39, 0.29) is 17.2 Å². The minimum Gasteiger partial charge on any atom is -0.337 e. The Morgan fingerprint density at radius 1 is 0.731 bits per heavy atom. The molecule has 128 valence electrons. The van der Waals surface area contributed by atoms with Crippen LogP contribution in [0.2, 0.25) is 0 Å². The number of aromatic amines is 1. The molecule has 26 heavy (non-hydrogen) atoms. The van der Waals surface area contributed by atoms with Crippen molar-refractivity contribution < 1.29 is 13.2 Å². The van der Waals surface area contributed by atoms with Gasteiger partial charge in [-0.25, -0.2) is 18.2 Å². The van der Waals surface area contributed by atoms with Gasteiger partial charge in [0.2, 0.25) is 0 Å². The summed E-state index contributed by atoms with van der Waals surface area (Å²) in [6, 6.07) is 12.9. The predicted octanol–water partition coefficient (Wildman–Crippen LogP) is 5.22. The topological polar surface area (TPSA) is 41.6 Å². The van der Waals surface area contributed by atoms with E-state index in [0.717, 1.165) is 5.56 Å². The fourth-order valence-electron chi connectivity index (χ4n) is 2.76. The number of hydrogen-bond acceptors (Lipinski definition) is 2. The number of rotatable bonds is 3. The van der Waals surface area contributed by atoms with Gasteiger partial charge in [0.05, 0.1) is 17.0 Å². The first-order chi connectivity index (χ1) is 12.6. The van der Waals surface area contributed by atoms with Crippen LogP contribution in [0, 0.1) is 17.5 Å². The van der Waals surface area contributed by atoms with Crippen molar-refractivity contribution >= 4 is 0 Å². The van der Waals surface area contributed by atoms with Gasteiger partial charge >= 0.3 is 0 Å². The Morgan fingerprint density at radius 3 is 2.04 bits per heavy atom. The second-order valence-electron chi connectivity index (χ2n) is 5.65. The van der Waals surface area contributed by atoms with Gasteiger partial charge in [0.15, 0.2) is 0 Å². The molecule has 0 radical (unpaired) electrons. The van der Waals surface area contributed by atoms with Gasteiger partial charge in [-0.3, -0.25) is 4.98 Å². The normalized spacial score (nSPS) is 10.9. The van der Waals surface area contributed by atoms with Crippen LogP contribution in [0.1, 0.15) is 0 Å². The van der Waals surface area contributed by atoms with Crippen LogP contribution >= 0.6 is 0 Å². The Hall–Kier alpha value is -3.41. The number of hydrogen-bond donors (Lipinski definition) is 1. The van der Waals surface area contributed by atoms with E-state index in [9.17, 15) is 13.2 Å². The van der Waals surface area contributed by atoms with Gasteiger partial charge in [-0.1, -0.05) is 6.07 Å². The maximum Gasteiger partial charge on any atom is 0.144 e. The molecule has 0 saturated heterocycles. The SMILES string of the molecule is Fc1ccc(-c2nc(-c3c(F)cccc3F)[nH]c2-c2ccncc2)cc1. The van der Waals surface area contributed by atoms with Crippen LogP contribution in [0.25, 0.3) is 33.9 Å². The highest BCUT2D eigenvalue weighted by Gasteiger charge is 2.19. The summed E-state index contributed by atoms with van der Waals surface area (Å²) >= 11 is 0. The maximum absolute atomic E-state index is 14.2. The van der Waals surface area contributed by atoms with Gasteiger partial charge in [-0.2, -0.15) is 0 Å². The first kappa shape index (κ1) is 16.1. The summed E-state index contributed by atoms with van der Waals surface area (Å²) in [5, 5.41) is 0. The van der Waals surface area contributed by atoms with Crippen molar-refractivity contribution in [2.24, 2.45) is 0 Å². The summed E-state index contributed by atoms with van der Waals surface area (Å²) in [5.41, 5.74) is 2.16. The zero-order valence-electron chi connectivity index (χ0n) is 13.4. The van der Waals surface area contributed by atoms with Crippen LogP contribution in [0.15, 0.2) is 67.0 Å². The minimum absolute atomic E-state index is 0.0618. The first-order valence-corrected chi connectivity index (χ1v) is 7.84. The second kappa shape index (κ2) is 6.48. The Labute approximate surface area is 147 Å². The third-order valence-corrected chi connectivity index (χ3v) is 3.99. The van der Waals surface area contributed by atoms with Crippen LogP contribution in [-0.4, -0.2) is 15.0 Å². The molecule has 2 aromatic heterocycles. The summed E-state index contributed by atoms with van der Waals surface area (Å²) in [4.78, 5) is 11.4. The van der Waals surface area contributed by atoms with Crippen LogP contribution in [0.4, 0.5) is 13.2 Å². The third kappa shape index (κ3) is 2.86. The van der Waals surface area contributed by atoms with Crippen LogP contribution in [0.3, 0.4) is 0 Å². The Bertz CT molecular complexity index is 1040. The van der Waals surface area contributed by atoms with Gasteiger partial charge in [0, 0.05) is 23.5 Å². The van der Waals surface area contributed by atoms with E-state index in [0.29, 0.717) is 17.0 Å². The van der Waals surface area contributed by atoms with Crippen molar-refractivity contribution in [1.82, 2.24) is 15.0 Å². The third-order valence-electron chi connectivity index (χ3n) is 3.99. The minimum atomic E-state index is -0.717. The number of nitrogens with one attached hydrogen (secondary N) is 1. The lowest BCUT2D eigenvalue weighted by Crippen LogP contribution is -1.91. The lowest BCUT2D eigenvalue weighted by molar-refractivity contribution is 0.588. The van der Waals surface area contributed by atoms with Gasteiger partial charge in [-0.15, -0.1) is 0 Å². The number of imidazole rings is 1. The maximum atomic E-state index is 14.2. The number of benzene rings is 2. The van der Waals surface area contributed by atoms with Crippen molar-refractivity contribution in [2.45, 2.75) is 0 Å². The van der Waals surface area contributed by atoms with E-state index >= 15 is 0 Å². The Kier molecular flexibility index (Phi) is 4.01. The molecule has 2 heterocycles. The molecular formula is C20H12F3N3. The van der Waals surface area contributed by atoms with Gasteiger partial charge in [0.1, 0.15) is 23.3 Å². The van der Waals surface area contributed by atoms with Crippen molar-refractivity contribution in [3.8, 4) is 33.9 Å². The molecule has 0 spiro atoms. The van der Waals surface area contributed by atoms with E-state index in [2.05, 4.69) is 15.0 Å². The molecule has 0 unspecified atom stereocenters. The summed E-state index contributed by atoms with van der Waals surface area (Å²) in [6.45, 7) is 0. The quantitative estimate of drug-likeness (QED) is 0.550. The summed E-state index contributed by atoms with van der Waals surface area (Å²) < 4.78 is 41.6. The van der Waals surface area contributed by atoms with Crippen LogP contribution < -0.4 is 0 Å². The van der Waals surface area contributed by atoms with Crippen molar-refractivity contribution in [3.63, 3.8) is 0 Å². The number of pyridine rings is 1. The van der Waals surface area contributed by atoms with E-state index in [4.69, 9.17) is 0 Å². The molecule has 6 heteroatoms. The average Bonchev–Trinajstić information content (AvgIpc) is 3.08. The van der Waals surface area contributed by atoms with Crippen LogP contribution in [0.5, 0.6) is 0 Å². The highest BCUT2D eigenvalue weighted by Crippen LogP contribution is 2.34. The Balaban J connectivity index is 1.95. The molecule has 2 aromatic carbocycles. The first-order valence-electron chi connectivity index (χ1n) is 7.84. The standard InChI is InChI=1S/C20H12F3N3/c21-14-6-4-12(5-7-14)18-19(13-8-10-24-11-9-13)26-20(25-18)17-15(22)2-1-3-16(17)23/h1-11H,(H,25,26). The fraction of sp³-hybridized carbons (Fsp3) is 0. The highest BCUT2D eigenvalue weighted by atomic mass is 19.1. The zero-order chi connectivity index (χ0) is 18.1. The van der Waals surface area contributed by atoms with Crippen molar-refractivity contribution in [1.29, 1.82) is 0 Å². The number of H-pyrrole nitrogens is 1. The highest BCUT2D eigenvalue weighted by molar-refractivity contribution is 5.81. The molecule has 0 saturated carbocycles. The molecule has 0 aliphatic carbocycles. The van der Waals surface area contributed by atoms with Gasteiger partial charge < -0.3 is 4.98 Å². The number of aromatic nitrogens is 3. The lowest BCUT2D eigenvalue weighted by Gasteiger charge is -2.02. The van der Waals surface area contributed by atoms with Crippen molar-refractivity contribution in [2.75, 3.05) is 0 Å². The monoisotopic (exact) mass is 351 g/mol. The molecule has 4 aromatic rings.